The molecule has 0 aliphatic rings. The highest BCUT2D eigenvalue weighted by atomic mass is 35.5. The van der Waals surface area contributed by atoms with Gasteiger partial charge in [0, 0.05) is 21.7 Å². The summed E-state index contributed by atoms with van der Waals surface area (Å²) in [5, 5.41) is 5.79. The highest BCUT2D eigenvalue weighted by Gasteiger charge is 2.15. The van der Waals surface area contributed by atoms with Crippen molar-refractivity contribution in [1.82, 2.24) is 4.98 Å². The Morgan fingerprint density at radius 1 is 1.28 bits per heavy atom. The first-order valence-electron chi connectivity index (χ1n) is 7.56. The molecule has 3 aromatic rings. The van der Waals surface area contributed by atoms with Gasteiger partial charge in [0.1, 0.15) is 5.75 Å². The molecule has 0 aliphatic heterocycles. The first-order chi connectivity index (χ1) is 12.0. The summed E-state index contributed by atoms with van der Waals surface area (Å²) in [4.78, 5) is 16.5. The van der Waals surface area contributed by atoms with Gasteiger partial charge in [0.2, 0.25) is 0 Å². The van der Waals surface area contributed by atoms with Crippen LogP contribution in [0, 0.1) is 0 Å². The van der Waals surface area contributed by atoms with Gasteiger partial charge in [-0.15, -0.1) is 11.3 Å². The molecular formula is C18H16ClN3O2S. The monoisotopic (exact) mass is 373 g/mol. The summed E-state index contributed by atoms with van der Waals surface area (Å²) in [6.45, 7) is 1.69. The van der Waals surface area contributed by atoms with E-state index < -0.39 is 6.10 Å². The summed E-state index contributed by atoms with van der Waals surface area (Å²) in [5.74, 6) is 0.341. The van der Waals surface area contributed by atoms with E-state index in [4.69, 9.17) is 22.1 Å². The number of hydrogen-bond acceptors (Lipinski definition) is 5. The van der Waals surface area contributed by atoms with Crippen molar-refractivity contribution in [3.8, 4) is 17.0 Å². The molecule has 3 rings (SSSR count). The number of anilines is 2. The van der Waals surface area contributed by atoms with E-state index in [9.17, 15) is 4.79 Å². The van der Waals surface area contributed by atoms with E-state index in [1.165, 1.54) is 11.3 Å². The molecule has 0 aliphatic carbocycles. The number of amides is 1. The van der Waals surface area contributed by atoms with E-state index in [-0.39, 0.29) is 5.91 Å². The minimum Gasteiger partial charge on any atom is -0.481 e. The number of thiazole rings is 1. The van der Waals surface area contributed by atoms with Crippen molar-refractivity contribution in [2.24, 2.45) is 0 Å². The van der Waals surface area contributed by atoms with E-state index in [0.29, 0.717) is 21.6 Å². The van der Waals surface area contributed by atoms with Crippen LogP contribution in [0.4, 0.5) is 10.8 Å². The Morgan fingerprint density at radius 2 is 2.04 bits per heavy atom. The van der Waals surface area contributed by atoms with Crippen molar-refractivity contribution >= 4 is 39.7 Å². The number of ether oxygens (including phenoxy) is 1. The minimum absolute atomic E-state index is 0.245. The standard InChI is InChI=1S/C18H16ClN3O2S/c1-11(17(23)21-14-7-5-13(19)6-8-14)24-15-4-2-3-12(9-15)16-10-25-18(20)22-16/h2-11H,1H3,(H2,20,22)(H,21,23). The highest BCUT2D eigenvalue weighted by Crippen LogP contribution is 2.26. The molecule has 0 bridgehead atoms. The number of carbonyl (C=O) groups excluding carboxylic acids is 1. The number of halogens is 1. The largest absolute Gasteiger partial charge is 0.481 e. The number of rotatable bonds is 5. The lowest BCUT2D eigenvalue weighted by molar-refractivity contribution is -0.122. The second-order valence-corrected chi connectivity index (χ2v) is 6.68. The Bertz CT molecular complexity index is 880. The Labute approximate surface area is 154 Å². The Morgan fingerprint density at radius 3 is 2.72 bits per heavy atom. The van der Waals surface area contributed by atoms with E-state index in [1.54, 1.807) is 37.3 Å². The lowest BCUT2D eigenvalue weighted by Crippen LogP contribution is -2.30. The van der Waals surface area contributed by atoms with Crippen LogP contribution in [0.3, 0.4) is 0 Å². The van der Waals surface area contributed by atoms with Crippen LogP contribution in [-0.2, 0) is 4.79 Å². The summed E-state index contributed by atoms with van der Waals surface area (Å²) in [6.07, 6.45) is -0.661. The molecule has 2 aromatic carbocycles. The van der Waals surface area contributed by atoms with Crippen LogP contribution in [0.15, 0.2) is 53.9 Å². The summed E-state index contributed by atoms with van der Waals surface area (Å²) in [6, 6.07) is 14.3. The number of carbonyl (C=O) groups is 1. The third-order valence-electron chi connectivity index (χ3n) is 3.45. The Kier molecular flexibility index (Phi) is 5.21. The number of aromatic nitrogens is 1. The molecule has 5 nitrogen and oxygen atoms in total. The van der Waals surface area contributed by atoms with Crippen molar-refractivity contribution in [2.45, 2.75) is 13.0 Å². The molecule has 1 heterocycles. The van der Waals surface area contributed by atoms with Crippen LogP contribution >= 0.6 is 22.9 Å². The number of hydrogen-bond donors (Lipinski definition) is 2. The summed E-state index contributed by atoms with van der Waals surface area (Å²) < 4.78 is 5.75. The number of nitrogens with two attached hydrogens (primary N) is 1. The molecule has 0 fully saturated rings. The fourth-order valence-electron chi connectivity index (χ4n) is 2.18. The zero-order chi connectivity index (χ0) is 17.8. The molecule has 1 amide bonds. The van der Waals surface area contributed by atoms with Gasteiger partial charge in [-0.05, 0) is 43.3 Å². The highest BCUT2D eigenvalue weighted by molar-refractivity contribution is 7.13. The van der Waals surface area contributed by atoms with E-state index in [2.05, 4.69) is 10.3 Å². The van der Waals surface area contributed by atoms with Gasteiger partial charge in [-0.2, -0.15) is 0 Å². The third-order valence-corrected chi connectivity index (χ3v) is 4.37. The molecule has 3 N–H and O–H groups in total. The first kappa shape index (κ1) is 17.3. The number of nitrogen functional groups attached to an aromatic ring is 1. The molecule has 1 atom stereocenters. The lowest BCUT2D eigenvalue weighted by atomic mass is 10.1. The predicted octanol–water partition coefficient (Wildman–Crippen LogP) is 4.45. The maximum atomic E-state index is 12.3. The molecular weight excluding hydrogens is 358 g/mol. The first-order valence-corrected chi connectivity index (χ1v) is 8.81. The fourth-order valence-corrected chi connectivity index (χ4v) is 2.88. The SMILES string of the molecule is CC(Oc1cccc(-c2csc(N)n2)c1)C(=O)Nc1ccc(Cl)cc1. The van der Waals surface area contributed by atoms with Crippen molar-refractivity contribution in [3.05, 3.63) is 58.9 Å². The van der Waals surface area contributed by atoms with Crippen LogP contribution in [0.5, 0.6) is 5.75 Å². The van der Waals surface area contributed by atoms with Gasteiger partial charge in [-0.1, -0.05) is 23.7 Å². The Balaban J connectivity index is 1.67. The second-order valence-electron chi connectivity index (χ2n) is 5.36. The summed E-state index contributed by atoms with van der Waals surface area (Å²) >= 11 is 7.21. The minimum atomic E-state index is -0.661. The molecule has 0 saturated carbocycles. The molecule has 25 heavy (non-hydrogen) atoms. The molecule has 0 radical (unpaired) electrons. The van der Waals surface area contributed by atoms with Crippen LogP contribution in [-0.4, -0.2) is 17.0 Å². The van der Waals surface area contributed by atoms with Crippen molar-refractivity contribution in [1.29, 1.82) is 0 Å². The van der Waals surface area contributed by atoms with Gasteiger partial charge < -0.3 is 15.8 Å². The number of nitrogens with one attached hydrogen (secondary N) is 1. The number of benzene rings is 2. The van der Waals surface area contributed by atoms with Crippen molar-refractivity contribution in [2.75, 3.05) is 11.1 Å². The maximum Gasteiger partial charge on any atom is 0.265 e. The van der Waals surface area contributed by atoms with Crippen LogP contribution in [0.2, 0.25) is 5.02 Å². The zero-order valence-corrected chi connectivity index (χ0v) is 15.0. The van der Waals surface area contributed by atoms with Gasteiger partial charge >= 0.3 is 0 Å². The van der Waals surface area contributed by atoms with E-state index in [1.807, 2.05) is 23.6 Å². The molecule has 1 unspecified atom stereocenters. The van der Waals surface area contributed by atoms with Gasteiger partial charge in [0.25, 0.3) is 5.91 Å². The fraction of sp³-hybridized carbons (Fsp3) is 0.111. The smallest absolute Gasteiger partial charge is 0.265 e. The molecule has 128 valence electrons. The maximum absolute atomic E-state index is 12.3. The predicted molar refractivity (Wildman–Crippen MR) is 102 cm³/mol. The molecule has 7 heteroatoms. The normalized spacial score (nSPS) is 11.8. The van der Waals surface area contributed by atoms with Crippen LogP contribution in [0.25, 0.3) is 11.3 Å². The summed E-state index contributed by atoms with van der Waals surface area (Å²) in [5.41, 5.74) is 8.00. The van der Waals surface area contributed by atoms with Gasteiger partial charge in [-0.25, -0.2) is 4.98 Å². The topological polar surface area (TPSA) is 77.2 Å². The molecule has 0 spiro atoms. The van der Waals surface area contributed by atoms with Gasteiger partial charge in [0.15, 0.2) is 11.2 Å². The van der Waals surface area contributed by atoms with Crippen LogP contribution in [0.1, 0.15) is 6.92 Å². The number of nitrogens with zero attached hydrogens (tertiary/aromatic N) is 1. The average molecular weight is 374 g/mol. The third kappa shape index (κ3) is 4.49. The Hall–Kier alpha value is -2.57. The lowest BCUT2D eigenvalue weighted by Gasteiger charge is -2.15. The van der Waals surface area contributed by atoms with Crippen molar-refractivity contribution in [3.63, 3.8) is 0 Å². The zero-order valence-electron chi connectivity index (χ0n) is 13.4. The quantitative estimate of drug-likeness (QED) is 0.692. The van der Waals surface area contributed by atoms with Crippen LogP contribution < -0.4 is 15.8 Å². The van der Waals surface area contributed by atoms with Crippen molar-refractivity contribution < 1.29 is 9.53 Å². The van der Waals surface area contributed by atoms with Gasteiger partial charge in [0.05, 0.1) is 5.69 Å². The van der Waals surface area contributed by atoms with Gasteiger partial charge in [-0.3, -0.25) is 4.79 Å². The molecule has 1 aromatic heterocycles. The van der Waals surface area contributed by atoms with E-state index >= 15 is 0 Å². The second kappa shape index (κ2) is 7.55. The van der Waals surface area contributed by atoms with E-state index in [0.717, 1.165) is 11.3 Å². The molecule has 0 saturated heterocycles. The average Bonchev–Trinajstić information content (AvgIpc) is 3.03. The summed E-state index contributed by atoms with van der Waals surface area (Å²) in [7, 11) is 0.